The number of aromatic nitrogens is 2. The maximum absolute atomic E-state index is 14.9. The molecule has 0 aliphatic carbocycles. The zero-order valence-electron chi connectivity index (χ0n) is 26.3. The predicted molar refractivity (Wildman–Crippen MR) is 174 cm³/mol. The summed E-state index contributed by atoms with van der Waals surface area (Å²) < 4.78 is 28.0. The average Bonchev–Trinajstić information content (AvgIpc) is 3.55. The summed E-state index contributed by atoms with van der Waals surface area (Å²) >= 11 is 13.1. The molecule has 1 aliphatic heterocycles. The first-order valence-corrected chi connectivity index (χ1v) is 15.2. The molecule has 0 bridgehead atoms. The van der Waals surface area contributed by atoms with E-state index in [0.29, 0.717) is 46.1 Å². The van der Waals surface area contributed by atoms with Crippen molar-refractivity contribution in [2.24, 2.45) is 0 Å². The van der Waals surface area contributed by atoms with Crippen molar-refractivity contribution in [1.29, 1.82) is 0 Å². The number of rotatable bonds is 7. The number of ether oxygens (including phenoxy) is 2. The summed E-state index contributed by atoms with van der Waals surface area (Å²) in [5.41, 5.74) is 2.16. The molecule has 0 radical (unpaired) electrons. The van der Waals surface area contributed by atoms with Gasteiger partial charge in [0.1, 0.15) is 17.1 Å². The number of likely N-dealkylation sites (N-methyl/N-ethyl adjacent to an activating group) is 1. The maximum Gasteiger partial charge on any atom is 0.414 e. The summed E-state index contributed by atoms with van der Waals surface area (Å²) in [5, 5.41) is 0.461. The van der Waals surface area contributed by atoms with E-state index in [1.54, 1.807) is 79.5 Å². The van der Waals surface area contributed by atoms with Crippen LogP contribution in [-0.4, -0.2) is 77.6 Å². The first kappa shape index (κ1) is 32.5. The lowest BCUT2D eigenvalue weighted by molar-refractivity contribution is 0.0553. The average molecular weight is 657 g/mol. The van der Waals surface area contributed by atoms with Gasteiger partial charge in [0.15, 0.2) is 11.6 Å². The van der Waals surface area contributed by atoms with Gasteiger partial charge in [0.2, 0.25) is 0 Å². The molecule has 0 fully saturated rings. The van der Waals surface area contributed by atoms with E-state index in [1.165, 1.54) is 18.1 Å². The first-order valence-electron chi connectivity index (χ1n) is 14.5. The summed E-state index contributed by atoms with van der Waals surface area (Å²) in [6.07, 6.45) is -0.608. The zero-order chi connectivity index (χ0) is 32.8. The van der Waals surface area contributed by atoms with Crippen LogP contribution in [0.25, 0.3) is 16.9 Å². The molecule has 0 saturated heterocycles. The Labute approximate surface area is 272 Å². The Bertz CT molecular complexity index is 1790. The monoisotopic (exact) mass is 655 g/mol. The molecule has 0 spiro atoms. The highest BCUT2D eigenvalue weighted by Crippen LogP contribution is 2.47. The van der Waals surface area contributed by atoms with E-state index in [1.807, 2.05) is 19.0 Å². The number of nitrogens with zero attached hydrogens (tertiary/aromatic N) is 5. The lowest BCUT2D eigenvalue weighted by Crippen LogP contribution is -2.43. The smallest absolute Gasteiger partial charge is 0.414 e. The van der Waals surface area contributed by atoms with Crippen molar-refractivity contribution in [1.82, 2.24) is 19.2 Å². The number of fused-ring (bicyclic) bond motifs is 2. The molecule has 4 aromatic rings. The van der Waals surface area contributed by atoms with Gasteiger partial charge in [-0.2, -0.15) is 0 Å². The number of imidazole rings is 1. The fraction of sp³-hybridized carbons (Fsp3) is 0.364. The molecule has 2 amide bonds. The van der Waals surface area contributed by atoms with E-state index in [-0.39, 0.29) is 28.8 Å². The van der Waals surface area contributed by atoms with Crippen LogP contribution in [0.15, 0.2) is 48.5 Å². The van der Waals surface area contributed by atoms with Gasteiger partial charge in [-0.1, -0.05) is 47.5 Å². The number of carbonyl (C=O) groups excluding carboxylic acids is 2. The van der Waals surface area contributed by atoms with Gasteiger partial charge in [0, 0.05) is 24.2 Å². The van der Waals surface area contributed by atoms with Crippen LogP contribution in [0.2, 0.25) is 10.0 Å². The van der Waals surface area contributed by atoms with E-state index in [2.05, 4.69) is 0 Å². The van der Waals surface area contributed by atoms with Gasteiger partial charge in [-0.25, -0.2) is 14.2 Å². The summed E-state index contributed by atoms with van der Waals surface area (Å²) in [7, 11) is 5.34. The van der Waals surface area contributed by atoms with Crippen LogP contribution in [0.5, 0.6) is 5.88 Å². The number of methoxy groups -OCH3 is 1. The third-order valence-corrected chi connectivity index (χ3v) is 8.38. The van der Waals surface area contributed by atoms with Crippen molar-refractivity contribution in [3.8, 4) is 17.1 Å². The van der Waals surface area contributed by atoms with Gasteiger partial charge in [-0.3, -0.25) is 14.1 Å². The minimum Gasteiger partial charge on any atom is -0.482 e. The largest absolute Gasteiger partial charge is 0.482 e. The highest BCUT2D eigenvalue weighted by atomic mass is 35.5. The summed E-state index contributed by atoms with van der Waals surface area (Å²) in [6, 6.07) is 12.9. The fourth-order valence-corrected chi connectivity index (χ4v) is 5.86. The van der Waals surface area contributed by atoms with E-state index in [4.69, 9.17) is 37.7 Å². The van der Waals surface area contributed by atoms with Gasteiger partial charge < -0.3 is 19.3 Å². The van der Waals surface area contributed by atoms with Crippen molar-refractivity contribution in [2.45, 2.75) is 39.3 Å². The second-order valence-corrected chi connectivity index (χ2v) is 13.0. The minimum atomic E-state index is -0.769. The van der Waals surface area contributed by atoms with E-state index in [0.717, 1.165) is 0 Å². The van der Waals surface area contributed by atoms with E-state index >= 15 is 0 Å². The Hall–Kier alpha value is -3.86. The third-order valence-electron chi connectivity index (χ3n) is 7.59. The van der Waals surface area contributed by atoms with Gasteiger partial charge in [-0.15, -0.1) is 0 Å². The lowest BCUT2D eigenvalue weighted by Gasteiger charge is -2.31. The molecule has 3 heterocycles. The molecule has 2 aromatic carbocycles. The number of hydrogen-bond donors (Lipinski definition) is 0. The summed E-state index contributed by atoms with van der Waals surface area (Å²) in [5.74, 6) is -0.394. The SMILES string of the molecule is COc1cccc2nc(C(=O)N(CCN(C)C)C3CN(C(=O)OC(C)(C)C)c4c3ccc(Cl)c4Cl)c(-c3ccc(C)c(F)c3)n12. The number of hydrogen-bond acceptors (Lipinski definition) is 6. The highest BCUT2D eigenvalue weighted by Gasteiger charge is 2.42. The normalized spacial score (nSPS) is 14.6. The minimum absolute atomic E-state index is 0.0780. The molecule has 0 saturated carbocycles. The van der Waals surface area contributed by atoms with Crippen molar-refractivity contribution in [2.75, 3.05) is 45.7 Å². The van der Waals surface area contributed by atoms with Gasteiger partial charge >= 0.3 is 6.09 Å². The lowest BCUT2D eigenvalue weighted by atomic mass is 10.0. The number of pyridine rings is 1. The van der Waals surface area contributed by atoms with E-state index in [9.17, 15) is 14.0 Å². The van der Waals surface area contributed by atoms with Crippen molar-refractivity contribution < 1.29 is 23.5 Å². The Balaban J connectivity index is 1.69. The van der Waals surface area contributed by atoms with Crippen LogP contribution < -0.4 is 9.64 Å². The van der Waals surface area contributed by atoms with Crippen LogP contribution >= 0.6 is 23.2 Å². The molecular weight excluding hydrogens is 620 g/mol. The Morgan fingerprint density at radius 2 is 1.82 bits per heavy atom. The number of halogens is 3. The van der Waals surface area contributed by atoms with Crippen LogP contribution in [-0.2, 0) is 4.74 Å². The van der Waals surface area contributed by atoms with Crippen LogP contribution in [0.4, 0.5) is 14.9 Å². The van der Waals surface area contributed by atoms with Gasteiger partial charge in [0.05, 0.1) is 41.1 Å². The fourth-order valence-electron chi connectivity index (χ4n) is 5.43. The zero-order valence-corrected chi connectivity index (χ0v) is 27.8. The molecule has 1 unspecified atom stereocenters. The molecular formula is C33H36Cl2FN5O4. The number of anilines is 1. The molecule has 45 heavy (non-hydrogen) atoms. The molecule has 2 aromatic heterocycles. The maximum atomic E-state index is 14.9. The number of amides is 2. The molecule has 1 atom stereocenters. The molecule has 0 N–H and O–H groups in total. The van der Waals surface area contributed by atoms with Crippen LogP contribution in [0.3, 0.4) is 0 Å². The van der Waals surface area contributed by atoms with Crippen LogP contribution in [0, 0.1) is 12.7 Å². The standard InChI is InChI=1S/C33H36Cl2FN5O4/c1-19-11-12-20(17-23(19)36)29-28(37-25-9-8-10-26(44-7)41(25)29)31(42)39(16-15-38(5)6)24-18-40(32(43)45-33(2,3)4)30-21(24)13-14-22(34)27(30)35/h8-14,17,24H,15-16,18H2,1-7H3. The van der Waals surface area contributed by atoms with Crippen LogP contribution in [0.1, 0.15) is 48.4 Å². The van der Waals surface area contributed by atoms with Crippen molar-refractivity contribution >= 4 is 46.5 Å². The summed E-state index contributed by atoms with van der Waals surface area (Å²) in [6.45, 7) is 7.88. The molecule has 5 rings (SSSR count). The van der Waals surface area contributed by atoms with Crippen molar-refractivity contribution in [3.05, 3.63) is 81.2 Å². The van der Waals surface area contributed by atoms with Crippen molar-refractivity contribution in [3.63, 3.8) is 0 Å². The Morgan fingerprint density at radius 1 is 1.09 bits per heavy atom. The molecule has 12 heteroatoms. The summed E-state index contributed by atoms with van der Waals surface area (Å²) in [4.78, 5) is 38.1. The topological polar surface area (TPSA) is 79.6 Å². The quantitative estimate of drug-likeness (QED) is 0.208. The third kappa shape index (κ3) is 6.32. The number of aryl methyl sites for hydroxylation is 1. The second-order valence-electron chi connectivity index (χ2n) is 12.2. The molecule has 9 nitrogen and oxygen atoms in total. The van der Waals surface area contributed by atoms with Gasteiger partial charge in [0.25, 0.3) is 5.91 Å². The highest BCUT2D eigenvalue weighted by molar-refractivity contribution is 6.44. The second kappa shape index (κ2) is 12.5. The Kier molecular flexibility index (Phi) is 9.04. The van der Waals surface area contributed by atoms with Gasteiger partial charge in [-0.05, 0) is 71.6 Å². The number of carbonyl (C=O) groups is 2. The predicted octanol–water partition coefficient (Wildman–Crippen LogP) is 7.26. The first-order chi connectivity index (χ1) is 21.2. The van der Waals surface area contributed by atoms with E-state index < -0.39 is 29.5 Å². The molecule has 238 valence electrons. The Morgan fingerprint density at radius 3 is 2.47 bits per heavy atom. The number of benzene rings is 2. The molecule has 1 aliphatic rings.